The molecule has 0 saturated carbocycles. The molecule has 0 heterocycles. The van der Waals surface area contributed by atoms with Crippen LogP contribution in [0.5, 0.6) is 0 Å². The fourth-order valence-corrected chi connectivity index (χ4v) is 1.66. The van der Waals surface area contributed by atoms with E-state index in [9.17, 15) is 26.6 Å². The van der Waals surface area contributed by atoms with Crippen molar-refractivity contribution in [2.75, 3.05) is 12.8 Å². The Morgan fingerprint density at radius 2 is 2.00 bits per heavy atom. The van der Waals surface area contributed by atoms with Crippen LogP contribution in [0, 0.1) is 5.82 Å². The van der Waals surface area contributed by atoms with Gasteiger partial charge in [-0.15, -0.1) is 0 Å². The highest BCUT2D eigenvalue weighted by Gasteiger charge is 2.34. The molecule has 2 unspecified atom stereocenters. The van der Waals surface area contributed by atoms with Gasteiger partial charge in [0, 0.05) is 34.4 Å². The van der Waals surface area contributed by atoms with Crippen LogP contribution in [-0.4, -0.2) is 28.2 Å². The first-order valence-electron chi connectivity index (χ1n) is 5.60. The van der Waals surface area contributed by atoms with Gasteiger partial charge in [-0.05, 0) is 25.1 Å². The summed E-state index contributed by atoms with van der Waals surface area (Å²) in [5.41, 5.74) is -1.79. The molecule has 1 aromatic rings. The molecule has 112 valence electrons. The smallest absolute Gasteiger partial charge is 0.351 e. The predicted molar refractivity (Wildman–Crippen MR) is 67.3 cm³/mol. The Bertz CT molecular complexity index is 531. The molecule has 0 bridgehead atoms. The fraction of sp³-hybridized carbons (Fsp3) is 0.417. The Morgan fingerprint density at radius 3 is 2.50 bits per heavy atom. The number of halogens is 4. The maximum absolute atomic E-state index is 13.1. The van der Waals surface area contributed by atoms with Gasteiger partial charge in [0.05, 0.1) is 5.56 Å². The Kier molecular flexibility index (Phi) is 5.27. The first-order valence-corrected chi connectivity index (χ1v) is 7.22. The Hall–Kier alpha value is -1.44. The van der Waals surface area contributed by atoms with Gasteiger partial charge in [0.25, 0.3) is 5.91 Å². The van der Waals surface area contributed by atoms with Gasteiger partial charge in [0.2, 0.25) is 0 Å². The number of benzene rings is 1. The molecule has 20 heavy (non-hydrogen) atoms. The second kappa shape index (κ2) is 6.34. The van der Waals surface area contributed by atoms with E-state index in [1.165, 1.54) is 6.26 Å². The Labute approximate surface area is 115 Å². The van der Waals surface area contributed by atoms with Gasteiger partial charge in [-0.1, -0.05) is 0 Å². The maximum Gasteiger partial charge on any atom is 0.419 e. The van der Waals surface area contributed by atoms with Gasteiger partial charge in [-0.25, -0.2) is 4.39 Å². The molecule has 0 fully saturated rings. The van der Waals surface area contributed by atoms with Crippen LogP contribution < -0.4 is 5.32 Å². The summed E-state index contributed by atoms with van der Waals surface area (Å²) in [5.74, 6) is -2.20. The van der Waals surface area contributed by atoms with Crippen molar-refractivity contribution in [3.8, 4) is 0 Å². The monoisotopic (exact) mass is 311 g/mol. The maximum atomic E-state index is 13.1. The average Bonchev–Trinajstić information content (AvgIpc) is 2.34. The van der Waals surface area contributed by atoms with Crippen molar-refractivity contribution in [1.29, 1.82) is 0 Å². The highest BCUT2D eigenvalue weighted by atomic mass is 32.2. The number of carbonyl (C=O) groups excluding carboxylic acids is 1. The second-order valence-electron chi connectivity index (χ2n) is 4.21. The van der Waals surface area contributed by atoms with E-state index in [1.54, 1.807) is 6.92 Å². The van der Waals surface area contributed by atoms with Crippen LogP contribution in [0.25, 0.3) is 0 Å². The third-order valence-electron chi connectivity index (χ3n) is 2.65. The van der Waals surface area contributed by atoms with Crippen molar-refractivity contribution in [3.63, 3.8) is 0 Å². The molecule has 1 N–H and O–H groups in total. The van der Waals surface area contributed by atoms with Crippen molar-refractivity contribution >= 4 is 16.7 Å². The van der Waals surface area contributed by atoms with Gasteiger partial charge in [0.15, 0.2) is 0 Å². The minimum Gasteiger partial charge on any atom is -0.351 e. The van der Waals surface area contributed by atoms with Crippen LogP contribution in [0.15, 0.2) is 18.2 Å². The third-order valence-corrected chi connectivity index (χ3v) is 3.95. The largest absolute Gasteiger partial charge is 0.419 e. The van der Waals surface area contributed by atoms with Crippen LogP contribution in [0.4, 0.5) is 17.6 Å². The van der Waals surface area contributed by atoms with Gasteiger partial charge < -0.3 is 5.32 Å². The predicted octanol–water partition coefficient (Wildman–Crippen LogP) is 2.34. The van der Waals surface area contributed by atoms with Crippen molar-refractivity contribution in [3.05, 3.63) is 35.1 Å². The van der Waals surface area contributed by atoms with Crippen LogP contribution in [0.2, 0.25) is 0 Å². The number of nitrogens with one attached hydrogen (secondary N) is 1. The fourth-order valence-electron chi connectivity index (χ4n) is 1.34. The molecular formula is C12H13F4NO2S. The molecule has 1 rings (SSSR count). The molecule has 0 spiro atoms. The number of rotatable bonds is 4. The molecule has 2 atom stereocenters. The van der Waals surface area contributed by atoms with Gasteiger partial charge in [-0.2, -0.15) is 13.2 Å². The molecule has 3 nitrogen and oxygen atoms in total. The summed E-state index contributed by atoms with van der Waals surface area (Å²) in [5, 5.41) is 2.02. The van der Waals surface area contributed by atoms with E-state index < -0.39 is 34.3 Å². The number of hydrogen-bond acceptors (Lipinski definition) is 2. The van der Waals surface area contributed by atoms with Gasteiger partial charge in [0.1, 0.15) is 5.82 Å². The lowest BCUT2D eigenvalue weighted by molar-refractivity contribution is -0.140. The number of carbonyl (C=O) groups is 1. The molecule has 0 saturated heterocycles. The van der Waals surface area contributed by atoms with E-state index in [0.717, 1.165) is 6.07 Å². The molecule has 0 aromatic heterocycles. The van der Waals surface area contributed by atoms with E-state index >= 15 is 0 Å². The topological polar surface area (TPSA) is 46.2 Å². The number of alkyl halides is 3. The van der Waals surface area contributed by atoms with Gasteiger partial charge in [-0.3, -0.25) is 9.00 Å². The minimum atomic E-state index is -4.86. The van der Waals surface area contributed by atoms with Crippen LogP contribution in [0.3, 0.4) is 0 Å². The first-order chi connectivity index (χ1) is 9.12. The first kappa shape index (κ1) is 16.6. The van der Waals surface area contributed by atoms with E-state index in [2.05, 4.69) is 5.32 Å². The van der Waals surface area contributed by atoms with E-state index in [0.29, 0.717) is 12.1 Å². The number of amides is 1. The normalized spacial score (nSPS) is 14.7. The molecular weight excluding hydrogens is 298 g/mol. The Morgan fingerprint density at radius 1 is 1.40 bits per heavy atom. The highest BCUT2D eigenvalue weighted by molar-refractivity contribution is 7.84. The summed E-state index contributed by atoms with van der Waals surface area (Å²) in [6, 6.07) is 2.02. The summed E-state index contributed by atoms with van der Waals surface area (Å²) in [7, 11) is -1.16. The van der Waals surface area contributed by atoms with Crippen LogP contribution in [0.1, 0.15) is 22.8 Å². The minimum absolute atomic E-state index is 0.0562. The standard InChI is InChI=1S/C12H13F4NO2S/c1-7(20(2)19)6-17-11(18)8-3-4-10(13)9(5-8)12(14,15)16/h3-5,7H,6H2,1-2H3,(H,17,18). The SMILES string of the molecule is CC(CNC(=O)c1ccc(F)c(C(F)(F)F)c1)S(C)=O. The molecule has 1 aromatic carbocycles. The van der Waals surface area contributed by atoms with E-state index in [1.807, 2.05) is 0 Å². The quantitative estimate of drug-likeness (QED) is 0.868. The van der Waals surface area contributed by atoms with Crippen molar-refractivity contribution < 1.29 is 26.6 Å². The molecule has 0 aliphatic heterocycles. The molecule has 0 aliphatic carbocycles. The molecule has 8 heteroatoms. The number of hydrogen-bond donors (Lipinski definition) is 1. The van der Waals surface area contributed by atoms with Crippen LogP contribution in [-0.2, 0) is 17.0 Å². The average molecular weight is 311 g/mol. The Balaban J connectivity index is 2.87. The second-order valence-corrected chi connectivity index (χ2v) is 6.01. The molecule has 0 radical (unpaired) electrons. The molecule has 0 aliphatic rings. The van der Waals surface area contributed by atoms with E-state index in [4.69, 9.17) is 0 Å². The lowest BCUT2D eigenvalue weighted by Gasteiger charge is -2.12. The summed E-state index contributed by atoms with van der Waals surface area (Å²) < 4.78 is 61.6. The zero-order chi connectivity index (χ0) is 15.5. The summed E-state index contributed by atoms with van der Waals surface area (Å²) in [4.78, 5) is 11.7. The van der Waals surface area contributed by atoms with Crippen molar-refractivity contribution in [2.45, 2.75) is 18.3 Å². The van der Waals surface area contributed by atoms with Crippen LogP contribution >= 0.6 is 0 Å². The third kappa shape index (κ3) is 4.29. The van der Waals surface area contributed by atoms with Gasteiger partial charge >= 0.3 is 6.18 Å². The lowest BCUT2D eigenvalue weighted by Crippen LogP contribution is -2.32. The summed E-state index contributed by atoms with van der Waals surface area (Å²) in [6.45, 7) is 1.68. The lowest BCUT2D eigenvalue weighted by atomic mass is 10.1. The zero-order valence-corrected chi connectivity index (χ0v) is 11.6. The van der Waals surface area contributed by atoms with E-state index in [-0.39, 0.29) is 17.4 Å². The zero-order valence-electron chi connectivity index (χ0n) is 10.8. The highest BCUT2D eigenvalue weighted by Crippen LogP contribution is 2.31. The summed E-state index contributed by atoms with van der Waals surface area (Å²) >= 11 is 0. The van der Waals surface area contributed by atoms with Crippen molar-refractivity contribution in [2.24, 2.45) is 0 Å². The summed E-state index contributed by atoms with van der Waals surface area (Å²) in [6.07, 6.45) is -3.41. The van der Waals surface area contributed by atoms with Crippen molar-refractivity contribution in [1.82, 2.24) is 5.32 Å². The molecule has 1 amide bonds.